The number of carbonyl (C=O) groups is 1. The van der Waals surface area contributed by atoms with Gasteiger partial charge >= 0.3 is 5.97 Å². The third-order valence-corrected chi connectivity index (χ3v) is 5.29. The standard InChI is InChI=1S/C15H12FNO4S/c1-21-15(18)9-17-13-7-6-10(16)8-12(13)11-4-2-3-5-14(11)22(17,19)20/h2-8H,9H2,1H3. The van der Waals surface area contributed by atoms with Crippen LogP contribution < -0.4 is 4.31 Å². The first-order valence-electron chi connectivity index (χ1n) is 6.43. The molecule has 1 aliphatic heterocycles. The number of rotatable bonds is 2. The lowest BCUT2D eigenvalue weighted by Gasteiger charge is -2.31. The summed E-state index contributed by atoms with van der Waals surface area (Å²) in [5, 5.41) is 0. The Bertz CT molecular complexity index is 864. The molecule has 0 radical (unpaired) electrons. The first kappa shape index (κ1) is 14.5. The van der Waals surface area contributed by atoms with Crippen molar-refractivity contribution in [2.24, 2.45) is 0 Å². The molecule has 0 amide bonds. The molecule has 0 aliphatic carbocycles. The molecule has 0 aromatic heterocycles. The van der Waals surface area contributed by atoms with Gasteiger partial charge < -0.3 is 4.74 Å². The molecule has 1 heterocycles. The number of methoxy groups -OCH3 is 1. The molecule has 0 N–H and O–H groups in total. The Morgan fingerprint density at radius 2 is 1.91 bits per heavy atom. The molecule has 5 nitrogen and oxygen atoms in total. The van der Waals surface area contributed by atoms with Crippen molar-refractivity contribution >= 4 is 21.7 Å². The van der Waals surface area contributed by atoms with Crippen LogP contribution in [-0.4, -0.2) is 28.0 Å². The Morgan fingerprint density at radius 1 is 1.18 bits per heavy atom. The number of fused-ring (bicyclic) bond motifs is 3. The summed E-state index contributed by atoms with van der Waals surface area (Å²) in [7, 11) is -2.73. The summed E-state index contributed by atoms with van der Waals surface area (Å²) in [6, 6.07) is 10.1. The lowest BCUT2D eigenvalue weighted by Crippen LogP contribution is -2.38. The largest absolute Gasteiger partial charge is 0.468 e. The van der Waals surface area contributed by atoms with Crippen LogP contribution in [0.15, 0.2) is 47.4 Å². The van der Waals surface area contributed by atoms with E-state index < -0.39 is 28.4 Å². The highest BCUT2D eigenvalue weighted by molar-refractivity contribution is 7.93. The highest BCUT2D eigenvalue weighted by atomic mass is 32.2. The minimum Gasteiger partial charge on any atom is -0.468 e. The number of benzene rings is 2. The van der Waals surface area contributed by atoms with Gasteiger partial charge in [-0.1, -0.05) is 18.2 Å². The maximum atomic E-state index is 13.6. The van der Waals surface area contributed by atoms with E-state index in [4.69, 9.17) is 0 Å². The molecule has 0 atom stereocenters. The van der Waals surface area contributed by atoms with Crippen molar-refractivity contribution in [3.05, 3.63) is 48.3 Å². The van der Waals surface area contributed by atoms with E-state index in [0.717, 1.165) is 10.4 Å². The van der Waals surface area contributed by atoms with Crippen LogP contribution in [0.1, 0.15) is 0 Å². The van der Waals surface area contributed by atoms with E-state index in [9.17, 15) is 17.6 Å². The molecule has 0 bridgehead atoms. The fourth-order valence-corrected chi connectivity index (χ4v) is 4.09. The number of halogens is 1. The molecule has 0 fully saturated rings. The number of carbonyl (C=O) groups excluding carboxylic acids is 1. The molecule has 7 heteroatoms. The predicted molar refractivity (Wildman–Crippen MR) is 78.4 cm³/mol. The smallest absolute Gasteiger partial charge is 0.326 e. The quantitative estimate of drug-likeness (QED) is 0.795. The Hall–Kier alpha value is -2.41. The van der Waals surface area contributed by atoms with Crippen LogP contribution in [0.3, 0.4) is 0 Å². The number of ether oxygens (including phenoxy) is 1. The predicted octanol–water partition coefficient (Wildman–Crippen LogP) is 2.17. The molecule has 2 aromatic carbocycles. The zero-order chi connectivity index (χ0) is 15.9. The molecule has 2 aromatic rings. The first-order chi connectivity index (χ1) is 10.4. The van der Waals surface area contributed by atoms with E-state index in [-0.39, 0.29) is 10.6 Å². The van der Waals surface area contributed by atoms with Crippen molar-refractivity contribution in [1.82, 2.24) is 0 Å². The van der Waals surface area contributed by atoms with Crippen molar-refractivity contribution in [2.45, 2.75) is 4.90 Å². The molecule has 0 saturated heterocycles. The Morgan fingerprint density at radius 3 is 2.64 bits per heavy atom. The third kappa shape index (κ3) is 2.14. The summed E-state index contributed by atoms with van der Waals surface area (Å²) in [5.74, 6) is -1.18. The van der Waals surface area contributed by atoms with Crippen molar-refractivity contribution in [3.8, 4) is 11.1 Å². The van der Waals surface area contributed by atoms with Gasteiger partial charge in [-0.15, -0.1) is 0 Å². The molecule has 0 saturated carbocycles. The van der Waals surface area contributed by atoms with Crippen molar-refractivity contribution in [2.75, 3.05) is 18.0 Å². The normalized spacial score (nSPS) is 14.9. The van der Waals surface area contributed by atoms with E-state index in [0.29, 0.717) is 11.1 Å². The highest BCUT2D eigenvalue weighted by Gasteiger charge is 2.36. The molecular formula is C15H12FNO4S. The van der Waals surface area contributed by atoms with Gasteiger partial charge in [0.15, 0.2) is 0 Å². The van der Waals surface area contributed by atoms with Crippen LogP contribution in [0.25, 0.3) is 11.1 Å². The average molecular weight is 321 g/mol. The Balaban J connectivity index is 2.29. The Labute approximate surface area is 127 Å². The summed E-state index contributed by atoms with van der Waals surface area (Å²) < 4.78 is 44.5. The minimum atomic E-state index is -3.90. The van der Waals surface area contributed by atoms with Gasteiger partial charge in [0.2, 0.25) is 0 Å². The second-order valence-electron chi connectivity index (χ2n) is 4.75. The van der Waals surface area contributed by atoms with Gasteiger partial charge in [0.25, 0.3) is 10.0 Å². The van der Waals surface area contributed by atoms with Crippen LogP contribution in [0.2, 0.25) is 0 Å². The fraction of sp³-hybridized carbons (Fsp3) is 0.133. The highest BCUT2D eigenvalue weighted by Crippen LogP contribution is 2.42. The maximum Gasteiger partial charge on any atom is 0.326 e. The molecule has 114 valence electrons. The van der Waals surface area contributed by atoms with Crippen LogP contribution in [0.4, 0.5) is 10.1 Å². The molecule has 22 heavy (non-hydrogen) atoms. The van der Waals surface area contributed by atoms with Crippen LogP contribution in [0, 0.1) is 5.82 Å². The number of nitrogens with zero attached hydrogens (tertiary/aromatic N) is 1. The van der Waals surface area contributed by atoms with Gasteiger partial charge in [-0.05, 0) is 24.3 Å². The zero-order valence-corrected chi connectivity index (χ0v) is 12.4. The number of hydrogen-bond acceptors (Lipinski definition) is 4. The average Bonchev–Trinajstić information content (AvgIpc) is 2.51. The summed E-state index contributed by atoms with van der Waals surface area (Å²) in [5.41, 5.74) is 1.10. The molecule has 0 spiro atoms. The fourth-order valence-electron chi connectivity index (χ4n) is 2.46. The van der Waals surface area contributed by atoms with Gasteiger partial charge in [0.1, 0.15) is 12.4 Å². The van der Waals surface area contributed by atoms with Crippen LogP contribution >= 0.6 is 0 Å². The van der Waals surface area contributed by atoms with Crippen LogP contribution in [0.5, 0.6) is 0 Å². The molecule has 3 rings (SSSR count). The van der Waals surface area contributed by atoms with Crippen molar-refractivity contribution < 1.29 is 22.3 Å². The van der Waals surface area contributed by atoms with Gasteiger partial charge in [-0.25, -0.2) is 12.8 Å². The lowest BCUT2D eigenvalue weighted by atomic mass is 10.0. The number of esters is 1. The minimum absolute atomic E-state index is 0.0389. The lowest BCUT2D eigenvalue weighted by molar-refractivity contribution is -0.138. The van der Waals surface area contributed by atoms with Crippen LogP contribution in [-0.2, 0) is 19.6 Å². The number of sulfonamides is 1. The monoisotopic (exact) mass is 321 g/mol. The third-order valence-electron chi connectivity index (χ3n) is 3.47. The SMILES string of the molecule is COC(=O)CN1c2ccc(F)cc2-c2ccccc2S1(=O)=O. The van der Waals surface area contributed by atoms with E-state index >= 15 is 0 Å². The second-order valence-corrected chi connectivity index (χ2v) is 6.58. The van der Waals surface area contributed by atoms with Gasteiger partial charge in [0.05, 0.1) is 17.7 Å². The summed E-state index contributed by atoms with van der Waals surface area (Å²) in [6.45, 7) is -0.466. The number of anilines is 1. The summed E-state index contributed by atoms with van der Waals surface area (Å²) in [6.07, 6.45) is 0. The topological polar surface area (TPSA) is 63.7 Å². The number of hydrogen-bond donors (Lipinski definition) is 0. The first-order valence-corrected chi connectivity index (χ1v) is 7.87. The van der Waals surface area contributed by atoms with E-state index in [1.165, 1.54) is 25.3 Å². The van der Waals surface area contributed by atoms with Gasteiger partial charge in [-0.2, -0.15) is 0 Å². The molecule has 1 aliphatic rings. The van der Waals surface area contributed by atoms with E-state index in [2.05, 4.69) is 4.74 Å². The van der Waals surface area contributed by atoms with E-state index in [1.807, 2.05) is 0 Å². The van der Waals surface area contributed by atoms with Crippen molar-refractivity contribution in [1.29, 1.82) is 0 Å². The summed E-state index contributed by atoms with van der Waals surface area (Å²) >= 11 is 0. The Kier molecular flexibility index (Phi) is 3.37. The van der Waals surface area contributed by atoms with Crippen molar-refractivity contribution in [3.63, 3.8) is 0 Å². The second kappa shape index (κ2) is 5.10. The van der Waals surface area contributed by atoms with Gasteiger partial charge in [0, 0.05) is 11.1 Å². The summed E-state index contributed by atoms with van der Waals surface area (Å²) in [4.78, 5) is 11.6. The van der Waals surface area contributed by atoms with E-state index in [1.54, 1.807) is 18.2 Å². The molecular weight excluding hydrogens is 309 g/mol. The molecule has 0 unspecified atom stereocenters. The van der Waals surface area contributed by atoms with Gasteiger partial charge in [-0.3, -0.25) is 9.10 Å². The maximum absolute atomic E-state index is 13.6. The zero-order valence-electron chi connectivity index (χ0n) is 11.6.